The molecule has 172 valence electrons. The topological polar surface area (TPSA) is 73.6 Å². The molecule has 0 saturated carbocycles. The van der Waals surface area contributed by atoms with E-state index in [1.165, 1.54) is 0 Å². The molecule has 0 unspecified atom stereocenters. The van der Waals surface area contributed by atoms with Crippen LogP contribution in [0.5, 0.6) is 17.2 Å². The standard InChI is InChI=1S/C26H25N5O2S/c1-18-14-19(4-7-24(18)33-21-8-10-31-11-9-27-25(31)16-21)30-26-22-15-20(32-12-3-13-34-2)5-6-23(22)28-17-29-26/h4-11,14-17H,3,12-13H2,1-2H3,(H,28,29,30). The third-order valence-electron chi connectivity index (χ3n) is 5.40. The summed E-state index contributed by atoms with van der Waals surface area (Å²) < 4.78 is 14.0. The van der Waals surface area contributed by atoms with E-state index in [0.29, 0.717) is 6.61 Å². The van der Waals surface area contributed by atoms with Crippen LogP contribution < -0.4 is 14.8 Å². The molecule has 0 amide bonds. The molecule has 0 radical (unpaired) electrons. The summed E-state index contributed by atoms with van der Waals surface area (Å²) in [4.78, 5) is 13.2. The summed E-state index contributed by atoms with van der Waals surface area (Å²) in [6.07, 6.45) is 10.3. The molecule has 0 bridgehead atoms. The normalized spacial score (nSPS) is 11.1. The Balaban J connectivity index is 1.34. The van der Waals surface area contributed by atoms with Gasteiger partial charge < -0.3 is 19.2 Å². The van der Waals surface area contributed by atoms with Gasteiger partial charge in [0, 0.05) is 35.7 Å². The van der Waals surface area contributed by atoms with Crippen molar-refractivity contribution in [2.24, 2.45) is 0 Å². The highest BCUT2D eigenvalue weighted by Crippen LogP contribution is 2.31. The molecule has 2 aromatic carbocycles. The van der Waals surface area contributed by atoms with E-state index >= 15 is 0 Å². The summed E-state index contributed by atoms with van der Waals surface area (Å²) in [6, 6.07) is 15.7. The fraction of sp³-hybridized carbons (Fsp3) is 0.192. The second kappa shape index (κ2) is 10.0. The van der Waals surface area contributed by atoms with E-state index in [1.807, 2.05) is 84.0 Å². The van der Waals surface area contributed by atoms with Gasteiger partial charge >= 0.3 is 0 Å². The maximum absolute atomic E-state index is 6.11. The van der Waals surface area contributed by atoms with Gasteiger partial charge in [0.2, 0.25) is 0 Å². The maximum Gasteiger partial charge on any atom is 0.141 e. The van der Waals surface area contributed by atoms with Crippen LogP contribution in [-0.4, -0.2) is 38.0 Å². The number of aromatic nitrogens is 4. The summed E-state index contributed by atoms with van der Waals surface area (Å²) >= 11 is 1.82. The number of ether oxygens (including phenoxy) is 2. The first kappa shape index (κ1) is 22.0. The molecule has 1 N–H and O–H groups in total. The lowest BCUT2D eigenvalue weighted by Gasteiger charge is -2.13. The molecule has 5 rings (SSSR count). The monoisotopic (exact) mass is 471 g/mol. The molecular formula is C26H25N5O2S. The van der Waals surface area contributed by atoms with Crippen LogP contribution in [0.15, 0.2) is 73.4 Å². The lowest BCUT2D eigenvalue weighted by atomic mass is 10.2. The Hall–Kier alpha value is -3.78. The molecule has 8 heteroatoms. The van der Waals surface area contributed by atoms with Gasteiger partial charge in [-0.3, -0.25) is 0 Å². The lowest BCUT2D eigenvalue weighted by Crippen LogP contribution is -2.00. The van der Waals surface area contributed by atoms with Crippen LogP contribution in [0.25, 0.3) is 16.6 Å². The quantitative estimate of drug-likeness (QED) is 0.255. The summed E-state index contributed by atoms with van der Waals surface area (Å²) in [5.41, 5.74) is 3.63. The summed E-state index contributed by atoms with van der Waals surface area (Å²) in [5, 5.41) is 4.34. The minimum Gasteiger partial charge on any atom is -0.494 e. The molecule has 0 saturated heterocycles. The van der Waals surface area contributed by atoms with Crippen molar-refractivity contribution in [3.05, 3.63) is 79.0 Å². The number of aryl methyl sites for hydroxylation is 1. The highest BCUT2D eigenvalue weighted by Gasteiger charge is 2.09. The number of imidazole rings is 1. The number of thioether (sulfide) groups is 1. The van der Waals surface area contributed by atoms with Gasteiger partial charge in [-0.25, -0.2) is 15.0 Å². The van der Waals surface area contributed by atoms with Gasteiger partial charge in [-0.2, -0.15) is 11.8 Å². The number of benzene rings is 2. The molecular weight excluding hydrogens is 446 g/mol. The zero-order chi connectivity index (χ0) is 23.3. The molecule has 3 aromatic heterocycles. The third-order valence-corrected chi connectivity index (χ3v) is 6.10. The number of nitrogens with one attached hydrogen (secondary N) is 1. The van der Waals surface area contributed by atoms with Crippen LogP contribution in [0.1, 0.15) is 12.0 Å². The van der Waals surface area contributed by atoms with Crippen LogP contribution in [0.4, 0.5) is 11.5 Å². The summed E-state index contributed by atoms with van der Waals surface area (Å²) in [5.74, 6) is 4.17. The molecule has 5 aromatic rings. The number of rotatable bonds is 9. The Bertz CT molecular complexity index is 1440. The van der Waals surface area contributed by atoms with Crippen LogP contribution in [-0.2, 0) is 0 Å². The van der Waals surface area contributed by atoms with E-state index in [4.69, 9.17) is 9.47 Å². The van der Waals surface area contributed by atoms with Crippen molar-refractivity contribution < 1.29 is 9.47 Å². The molecule has 34 heavy (non-hydrogen) atoms. The Morgan fingerprint density at radius 1 is 0.971 bits per heavy atom. The Labute approximate surface area is 202 Å². The minimum atomic E-state index is 0.691. The van der Waals surface area contributed by atoms with E-state index in [1.54, 1.807) is 12.5 Å². The van der Waals surface area contributed by atoms with Crippen LogP contribution in [0.3, 0.4) is 0 Å². The highest BCUT2D eigenvalue weighted by molar-refractivity contribution is 7.98. The second-order valence-corrected chi connectivity index (χ2v) is 8.84. The predicted octanol–water partition coefficient (Wildman–Crippen LogP) is 6.25. The number of nitrogens with zero attached hydrogens (tertiary/aromatic N) is 4. The minimum absolute atomic E-state index is 0.691. The largest absolute Gasteiger partial charge is 0.494 e. The van der Waals surface area contributed by atoms with Gasteiger partial charge in [0.15, 0.2) is 0 Å². The number of pyridine rings is 1. The molecule has 0 aliphatic carbocycles. The first-order valence-corrected chi connectivity index (χ1v) is 12.4. The van der Waals surface area contributed by atoms with Crippen molar-refractivity contribution in [2.45, 2.75) is 13.3 Å². The van der Waals surface area contributed by atoms with E-state index in [-0.39, 0.29) is 0 Å². The average Bonchev–Trinajstić information content (AvgIpc) is 3.32. The van der Waals surface area contributed by atoms with Crippen molar-refractivity contribution in [2.75, 3.05) is 23.9 Å². The zero-order valence-corrected chi connectivity index (χ0v) is 19.9. The van der Waals surface area contributed by atoms with Crippen molar-refractivity contribution in [3.8, 4) is 17.2 Å². The van der Waals surface area contributed by atoms with Crippen LogP contribution >= 0.6 is 11.8 Å². The molecule has 0 aliphatic heterocycles. The average molecular weight is 472 g/mol. The first-order valence-electron chi connectivity index (χ1n) is 11.0. The van der Waals surface area contributed by atoms with E-state index in [0.717, 1.165) is 63.0 Å². The first-order chi connectivity index (χ1) is 16.7. The van der Waals surface area contributed by atoms with Gasteiger partial charge in [-0.05, 0) is 73.4 Å². The predicted molar refractivity (Wildman–Crippen MR) is 138 cm³/mol. The number of hydrogen-bond donors (Lipinski definition) is 1. The molecule has 0 atom stereocenters. The second-order valence-electron chi connectivity index (χ2n) is 7.86. The van der Waals surface area contributed by atoms with Gasteiger partial charge in [0.05, 0.1) is 12.1 Å². The van der Waals surface area contributed by atoms with E-state index in [9.17, 15) is 0 Å². The van der Waals surface area contributed by atoms with Crippen LogP contribution in [0, 0.1) is 6.92 Å². The maximum atomic E-state index is 6.11. The Morgan fingerprint density at radius 2 is 1.91 bits per heavy atom. The third kappa shape index (κ3) is 4.92. The zero-order valence-electron chi connectivity index (χ0n) is 19.1. The number of hydrogen-bond acceptors (Lipinski definition) is 7. The Morgan fingerprint density at radius 3 is 2.79 bits per heavy atom. The van der Waals surface area contributed by atoms with Crippen molar-refractivity contribution in [1.29, 1.82) is 0 Å². The summed E-state index contributed by atoms with van der Waals surface area (Å²) in [6.45, 7) is 2.71. The molecule has 0 aliphatic rings. The van der Waals surface area contributed by atoms with E-state index < -0.39 is 0 Å². The smallest absolute Gasteiger partial charge is 0.141 e. The van der Waals surface area contributed by atoms with Gasteiger partial charge in [0.25, 0.3) is 0 Å². The molecule has 3 heterocycles. The fourth-order valence-corrected chi connectivity index (χ4v) is 4.09. The van der Waals surface area contributed by atoms with Crippen molar-refractivity contribution in [1.82, 2.24) is 19.4 Å². The van der Waals surface area contributed by atoms with Crippen molar-refractivity contribution >= 4 is 39.8 Å². The fourth-order valence-electron chi connectivity index (χ4n) is 3.68. The van der Waals surface area contributed by atoms with Crippen LogP contribution in [0.2, 0.25) is 0 Å². The number of anilines is 2. The molecule has 0 fully saturated rings. The molecule has 0 spiro atoms. The highest BCUT2D eigenvalue weighted by atomic mass is 32.2. The summed E-state index contributed by atoms with van der Waals surface area (Å²) in [7, 11) is 0. The molecule has 7 nitrogen and oxygen atoms in total. The van der Waals surface area contributed by atoms with Gasteiger partial charge in [-0.15, -0.1) is 0 Å². The van der Waals surface area contributed by atoms with Gasteiger partial charge in [0.1, 0.15) is 35.0 Å². The SMILES string of the molecule is CSCCCOc1ccc2ncnc(Nc3ccc(Oc4ccn5ccnc5c4)c(C)c3)c2c1. The van der Waals surface area contributed by atoms with Gasteiger partial charge in [-0.1, -0.05) is 0 Å². The number of fused-ring (bicyclic) bond motifs is 2. The lowest BCUT2D eigenvalue weighted by molar-refractivity contribution is 0.319. The van der Waals surface area contributed by atoms with Crippen molar-refractivity contribution in [3.63, 3.8) is 0 Å². The Kier molecular flexibility index (Phi) is 6.49. The van der Waals surface area contributed by atoms with E-state index in [2.05, 4.69) is 26.5 Å².